The lowest BCUT2D eigenvalue weighted by Gasteiger charge is -1.99. The molecule has 52 valence electrons. The second-order valence-electron chi connectivity index (χ2n) is 2.41. The Labute approximate surface area is 60.7 Å². The van der Waals surface area contributed by atoms with Gasteiger partial charge in [0.1, 0.15) is 0 Å². The van der Waals surface area contributed by atoms with E-state index >= 15 is 0 Å². The monoisotopic (exact) mass is 134 g/mol. The van der Waals surface area contributed by atoms with Crippen molar-refractivity contribution in [3.8, 4) is 0 Å². The maximum Gasteiger partial charge on any atom is 0.0551 e. The van der Waals surface area contributed by atoms with E-state index in [1.165, 1.54) is 0 Å². The van der Waals surface area contributed by atoms with Gasteiger partial charge >= 0.3 is 0 Å². The molecular weight excluding hydrogens is 124 g/mol. The van der Waals surface area contributed by atoms with E-state index in [0.29, 0.717) is 5.92 Å². The second kappa shape index (κ2) is 3.14. The van der Waals surface area contributed by atoms with E-state index in [4.69, 9.17) is 0 Å². The SMILES string of the molecule is CC(C)C1=NC=CN=C=C1. The van der Waals surface area contributed by atoms with E-state index in [1.54, 1.807) is 12.4 Å². The zero-order valence-corrected chi connectivity index (χ0v) is 6.20. The zero-order chi connectivity index (χ0) is 7.40. The number of nitrogens with zero attached hydrogens (tertiary/aromatic N) is 2. The van der Waals surface area contributed by atoms with Crippen molar-refractivity contribution < 1.29 is 0 Å². The van der Waals surface area contributed by atoms with Crippen LogP contribution in [0, 0.1) is 5.92 Å². The van der Waals surface area contributed by atoms with Gasteiger partial charge in [0.05, 0.1) is 11.9 Å². The van der Waals surface area contributed by atoms with Crippen molar-refractivity contribution in [1.29, 1.82) is 0 Å². The molecule has 0 bridgehead atoms. The van der Waals surface area contributed by atoms with Crippen LogP contribution in [0.1, 0.15) is 13.8 Å². The Kier molecular flexibility index (Phi) is 2.19. The molecule has 1 aliphatic rings. The van der Waals surface area contributed by atoms with Gasteiger partial charge in [-0.2, -0.15) is 0 Å². The van der Waals surface area contributed by atoms with Gasteiger partial charge < -0.3 is 0 Å². The first-order valence-electron chi connectivity index (χ1n) is 3.32. The smallest absolute Gasteiger partial charge is 0.0551 e. The van der Waals surface area contributed by atoms with Crippen LogP contribution < -0.4 is 0 Å². The molecule has 0 radical (unpaired) electrons. The minimum atomic E-state index is 0.449. The van der Waals surface area contributed by atoms with Crippen molar-refractivity contribution in [3.05, 3.63) is 18.5 Å². The summed E-state index contributed by atoms with van der Waals surface area (Å²) in [6.07, 6.45) is 5.13. The molecule has 2 heteroatoms. The van der Waals surface area contributed by atoms with Crippen LogP contribution in [0.5, 0.6) is 0 Å². The quantitative estimate of drug-likeness (QED) is 0.522. The third-order valence-electron chi connectivity index (χ3n) is 1.24. The predicted molar refractivity (Wildman–Crippen MR) is 43.4 cm³/mol. The van der Waals surface area contributed by atoms with Crippen molar-refractivity contribution in [3.63, 3.8) is 0 Å². The van der Waals surface area contributed by atoms with E-state index in [9.17, 15) is 0 Å². The fourth-order valence-electron chi connectivity index (χ4n) is 0.652. The lowest BCUT2D eigenvalue weighted by Crippen LogP contribution is -2.02. The first-order valence-corrected chi connectivity index (χ1v) is 3.32. The molecule has 0 atom stereocenters. The third-order valence-corrected chi connectivity index (χ3v) is 1.24. The molecule has 0 aromatic carbocycles. The molecule has 0 saturated carbocycles. The molecule has 0 unspecified atom stereocenters. The van der Waals surface area contributed by atoms with E-state index in [0.717, 1.165) is 5.71 Å². The number of allylic oxidation sites excluding steroid dienone is 1. The Morgan fingerprint density at radius 3 is 2.90 bits per heavy atom. The first kappa shape index (κ1) is 6.97. The molecular formula is C8H10N2. The largest absolute Gasteiger partial charge is 0.259 e. The summed E-state index contributed by atoms with van der Waals surface area (Å²) in [7, 11) is 0. The minimum absolute atomic E-state index is 0.449. The molecule has 0 aromatic rings. The summed E-state index contributed by atoms with van der Waals surface area (Å²) in [5.41, 5.74) is 1.03. The summed E-state index contributed by atoms with van der Waals surface area (Å²) in [5.74, 6) is 3.21. The Balaban J connectivity index is 2.86. The second-order valence-corrected chi connectivity index (χ2v) is 2.41. The fraction of sp³-hybridized carbons (Fsp3) is 0.375. The van der Waals surface area contributed by atoms with Crippen LogP contribution in [0.2, 0.25) is 0 Å². The third kappa shape index (κ3) is 1.67. The van der Waals surface area contributed by atoms with Crippen molar-refractivity contribution in [2.45, 2.75) is 13.8 Å². The van der Waals surface area contributed by atoms with Crippen LogP contribution in [0.15, 0.2) is 28.5 Å². The van der Waals surface area contributed by atoms with Crippen LogP contribution in [0.3, 0.4) is 0 Å². The summed E-state index contributed by atoms with van der Waals surface area (Å²) in [6.45, 7) is 4.19. The first-order chi connectivity index (χ1) is 4.80. The Morgan fingerprint density at radius 2 is 2.20 bits per heavy atom. The van der Waals surface area contributed by atoms with Gasteiger partial charge in [0.15, 0.2) is 0 Å². The summed E-state index contributed by atoms with van der Waals surface area (Å²) in [5, 5.41) is 0. The molecule has 0 amide bonds. The summed E-state index contributed by atoms with van der Waals surface area (Å²) in [6, 6.07) is 0. The summed E-state index contributed by atoms with van der Waals surface area (Å²) in [4.78, 5) is 7.95. The van der Waals surface area contributed by atoms with E-state index in [-0.39, 0.29) is 0 Å². The Morgan fingerprint density at radius 1 is 1.40 bits per heavy atom. The Bertz CT molecular complexity index is 228. The van der Waals surface area contributed by atoms with Gasteiger partial charge in [0.25, 0.3) is 0 Å². The predicted octanol–water partition coefficient (Wildman–Crippen LogP) is 1.79. The topological polar surface area (TPSA) is 24.7 Å². The highest BCUT2D eigenvalue weighted by molar-refractivity contribution is 6.02. The van der Waals surface area contributed by atoms with Crippen LogP contribution in [-0.4, -0.2) is 11.6 Å². The molecule has 0 spiro atoms. The highest BCUT2D eigenvalue weighted by atomic mass is 14.8. The molecule has 0 saturated heterocycles. The van der Waals surface area contributed by atoms with Crippen LogP contribution in [-0.2, 0) is 0 Å². The lowest BCUT2D eigenvalue weighted by molar-refractivity contribution is 0.890. The van der Waals surface area contributed by atoms with E-state index in [1.807, 2.05) is 6.08 Å². The van der Waals surface area contributed by atoms with Crippen LogP contribution in [0.4, 0.5) is 0 Å². The van der Waals surface area contributed by atoms with Crippen molar-refractivity contribution in [1.82, 2.24) is 0 Å². The molecule has 0 aliphatic carbocycles. The minimum Gasteiger partial charge on any atom is -0.259 e. The standard InChI is InChI=1S/C8H10N2/c1-7(2)8-3-4-9-5-6-10-8/h3,5-7H,1-2H3. The number of hydrogen-bond donors (Lipinski definition) is 0. The molecule has 10 heavy (non-hydrogen) atoms. The van der Waals surface area contributed by atoms with Crippen LogP contribution >= 0.6 is 0 Å². The molecule has 2 nitrogen and oxygen atoms in total. The molecule has 1 heterocycles. The molecule has 0 aromatic heterocycles. The van der Waals surface area contributed by atoms with Gasteiger partial charge in [-0.15, -0.1) is 0 Å². The van der Waals surface area contributed by atoms with E-state index in [2.05, 4.69) is 29.7 Å². The van der Waals surface area contributed by atoms with Gasteiger partial charge in [0, 0.05) is 12.3 Å². The molecule has 0 fully saturated rings. The maximum atomic E-state index is 4.15. The van der Waals surface area contributed by atoms with Gasteiger partial charge in [-0.05, 0) is 11.8 Å². The van der Waals surface area contributed by atoms with Gasteiger partial charge in [0.2, 0.25) is 0 Å². The normalized spacial score (nSPS) is 15.7. The summed E-state index contributed by atoms with van der Waals surface area (Å²) >= 11 is 0. The Hall–Kier alpha value is -1.14. The number of rotatable bonds is 1. The van der Waals surface area contributed by atoms with E-state index < -0.39 is 0 Å². The average Bonchev–Trinajstić information content (AvgIpc) is 2.12. The highest BCUT2D eigenvalue weighted by Crippen LogP contribution is 1.99. The van der Waals surface area contributed by atoms with Crippen molar-refractivity contribution in [2.24, 2.45) is 15.9 Å². The van der Waals surface area contributed by atoms with Crippen LogP contribution in [0.25, 0.3) is 0 Å². The average molecular weight is 134 g/mol. The van der Waals surface area contributed by atoms with Gasteiger partial charge in [-0.3, -0.25) is 4.99 Å². The highest BCUT2D eigenvalue weighted by Gasteiger charge is 1.99. The zero-order valence-electron chi connectivity index (χ0n) is 6.20. The lowest BCUT2D eigenvalue weighted by atomic mass is 10.1. The number of aliphatic imine (C=N–C) groups is 2. The van der Waals surface area contributed by atoms with Crippen molar-refractivity contribution >= 4 is 11.6 Å². The maximum absolute atomic E-state index is 4.15. The molecule has 1 rings (SSSR count). The van der Waals surface area contributed by atoms with Gasteiger partial charge in [-0.1, -0.05) is 13.8 Å². The summed E-state index contributed by atoms with van der Waals surface area (Å²) < 4.78 is 0. The fourth-order valence-corrected chi connectivity index (χ4v) is 0.652. The van der Waals surface area contributed by atoms with Gasteiger partial charge in [-0.25, -0.2) is 4.99 Å². The molecule has 0 N–H and O–H groups in total. The molecule has 1 aliphatic heterocycles. The van der Waals surface area contributed by atoms with Crippen molar-refractivity contribution in [2.75, 3.05) is 0 Å². The number of hydrogen-bond acceptors (Lipinski definition) is 2.